The lowest BCUT2D eigenvalue weighted by atomic mass is 10.2. The van der Waals surface area contributed by atoms with Crippen LogP contribution in [0.25, 0.3) is 22.9 Å². The van der Waals surface area contributed by atoms with Crippen LogP contribution in [0, 0.1) is 11.3 Å². The van der Waals surface area contributed by atoms with Crippen molar-refractivity contribution in [1.82, 2.24) is 9.97 Å². The number of aromatic nitrogens is 2. The van der Waals surface area contributed by atoms with Gasteiger partial charge in [0.05, 0.1) is 22.0 Å². The average molecular weight is 335 g/mol. The normalized spacial score (nSPS) is 14.7. The SMILES string of the molecule is N#CC(=Cc1csc(C2CC2)n1)c1nc(-c2ccccc2)cs1. The van der Waals surface area contributed by atoms with Crippen molar-refractivity contribution in [3.63, 3.8) is 0 Å². The molecular formula is C18H13N3S2. The number of benzene rings is 1. The topological polar surface area (TPSA) is 49.6 Å². The zero-order valence-corrected chi connectivity index (χ0v) is 13.9. The van der Waals surface area contributed by atoms with Gasteiger partial charge in [0, 0.05) is 22.2 Å². The third kappa shape index (κ3) is 3.09. The van der Waals surface area contributed by atoms with Crippen molar-refractivity contribution in [2.45, 2.75) is 18.8 Å². The fraction of sp³-hybridized carbons (Fsp3) is 0.167. The van der Waals surface area contributed by atoms with E-state index in [0.29, 0.717) is 11.5 Å². The van der Waals surface area contributed by atoms with Crippen molar-refractivity contribution in [1.29, 1.82) is 5.26 Å². The Hall–Kier alpha value is -2.29. The van der Waals surface area contributed by atoms with Crippen LogP contribution in [0.5, 0.6) is 0 Å². The average Bonchev–Trinajstić information content (AvgIpc) is 3.14. The van der Waals surface area contributed by atoms with E-state index in [9.17, 15) is 5.26 Å². The van der Waals surface area contributed by atoms with Gasteiger partial charge in [-0.2, -0.15) is 5.26 Å². The number of allylic oxidation sites excluding steroid dienone is 1. The van der Waals surface area contributed by atoms with Gasteiger partial charge in [0.1, 0.15) is 11.1 Å². The summed E-state index contributed by atoms with van der Waals surface area (Å²) >= 11 is 3.18. The minimum Gasteiger partial charge on any atom is -0.242 e. The van der Waals surface area contributed by atoms with Crippen LogP contribution in [0.15, 0.2) is 41.1 Å². The Kier molecular flexibility index (Phi) is 3.78. The highest BCUT2D eigenvalue weighted by Crippen LogP contribution is 2.41. The molecule has 0 amide bonds. The summed E-state index contributed by atoms with van der Waals surface area (Å²) < 4.78 is 0. The molecule has 0 spiro atoms. The summed E-state index contributed by atoms with van der Waals surface area (Å²) in [5.74, 6) is 0.650. The van der Waals surface area contributed by atoms with Crippen molar-refractivity contribution in [3.8, 4) is 17.3 Å². The highest BCUT2D eigenvalue weighted by Gasteiger charge is 2.26. The van der Waals surface area contributed by atoms with Crippen molar-refractivity contribution >= 4 is 34.3 Å². The molecule has 0 N–H and O–H groups in total. The number of nitrogens with zero attached hydrogens (tertiary/aromatic N) is 3. The Bertz CT molecular complexity index is 896. The standard InChI is InChI=1S/C18H13N3S2/c19-9-14(8-15-10-22-17(20-15)13-6-7-13)18-21-16(11-23-18)12-4-2-1-3-5-12/h1-5,8,10-11,13H,6-7H2. The molecule has 1 aromatic carbocycles. The molecule has 3 aromatic rings. The van der Waals surface area contributed by atoms with Gasteiger partial charge in [0.15, 0.2) is 0 Å². The number of hydrogen-bond acceptors (Lipinski definition) is 5. The molecule has 1 fully saturated rings. The first kappa shape index (κ1) is 14.3. The largest absolute Gasteiger partial charge is 0.242 e. The van der Waals surface area contributed by atoms with Crippen LogP contribution in [-0.4, -0.2) is 9.97 Å². The molecule has 1 aliphatic rings. The molecule has 2 aromatic heterocycles. The van der Waals surface area contributed by atoms with E-state index in [0.717, 1.165) is 22.0 Å². The molecule has 0 aliphatic heterocycles. The zero-order valence-electron chi connectivity index (χ0n) is 12.3. The van der Waals surface area contributed by atoms with Crippen molar-refractivity contribution in [3.05, 3.63) is 56.8 Å². The Labute approximate surface area is 142 Å². The van der Waals surface area contributed by atoms with E-state index in [1.54, 1.807) is 11.3 Å². The molecule has 0 saturated heterocycles. The maximum Gasteiger partial charge on any atom is 0.134 e. The van der Waals surface area contributed by atoms with Crippen LogP contribution in [0.2, 0.25) is 0 Å². The minimum absolute atomic E-state index is 0.574. The molecule has 112 valence electrons. The second-order valence-corrected chi connectivity index (χ2v) is 7.21. The van der Waals surface area contributed by atoms with Crippen molar-refractivity contribution in [2.75, 3.05) is 0 Å². The van der Waals surface area contributed by atoms with Gasteiger partial charge in [-0.25, -0.2) is 9.97 Å². The monoisotopic (exact) mass is 335 g/mol. The molecule has 1 saturated carbocycles. The third-order valence-electron chi connectivity index (χ3n) is 3.68. The van der Waals surface area contributed by atoms with E-state index >= 15 is 0 Å². The predicted octanol–water partition coefficient (Wildman–Crippen LogP) is 5.21. The van der Waals surface area contributed by atoms with E-state index in [1.165, 1.54) is 29.2 Å². The van der Waals surface area contributed by atoms with Crippen molar-refractivity contribution < 1.29 is 0 Å². The van der Waals surface area contributed by atoms with E-state index in [2.05, 4.69) is 16.0 Å². The number of thiazole rings is 2. The summed E-state index contributed by atoms with van der Waals surface area (Å²) in [5, 5.41) is 15.4. The summed E-state index contributed by atoms with van der Waals surface area (Å²) in [6.07, 6.45) is 4.33. The lowest BCUT2D eigenvalue weighted by Crippen LogP contribution is -1.83. The van der Waals surface area contributed by atoms with Gasteiger partial charge in [-0.15, -0.1) is 22.7 Å². The van der Waals surface area contributed by atoms with Gasteiger partial charge < -0.3 is 0 Å². The second kappa shape index (κ2) is 6.07. The molecule has 5 heteroatoms. The predicted molar refractivity (Wildman–Crippen MR) is 95.1 cm³/mol. The summed E-state index contributed by atoms with van der Waals surface area (Å²) in [5.41, 5.74) is 3.41. The van der Waals surface area contributed by atoms with Crippen LogP contribution < -0.4 is 0 Å². The fourth-order valence-electron chi connectivity index (χ4n) is 2.31. The zero-order chi connectivity index (χ0) is 15.6. The van der Waals surface area contributed by atoms with E-state index in [1.807, 2.05) is 47.2 Å². The van der Waals surface area contributed by atoms with E-state index in [-0.39, 0.29) is 0 Å². The van der Waals surface area contributed by atoms with Crippen molar-refractivity contribution in [2.24, 2.45) is 0 Å². The van der Waals surface area contributed by atoms with Gasteiger partial charge in [-0.3, -0.25) is 0 Å². The van der Waals surface area contributed by atoms with Gasteiger partial charge in [-0.05, 0) is 18.9 Å². The smallest absolute Gasteiger partial charge is 0.134 e. The Balaban J connectivity index is 1.63. The number of rotatable bonds is 4. The Morgan fingerprint density at radius 2 is 1.96 bits per heavy atom. The first-order valence-corrected chi connectivity index (χ1v) is 9.18. The first-order valence-electron chi connectivity index (χ1n) is 7.42. The molecule has 0 radical (unpaired) electrons. The molecular weight excluding hydrogens is 322 g/mol. The van der Waals surface area contributed by atoms with Crippen LogP contribution in [0.4, 0.5) is 0 Å². The summed E-state index contributed by atoms with van der Waals surface area (Å²) in [4.78, 5) is 9.22. The lowest BCUT2D eigenvalue weighted by Gasteiger charge is -1.95. The maximum atomic E-state index is 9.47. The molecule has 0 atom stereocenters. The molecule has 3 nitrogen and oxygen atoms in total. The summed E-state index contributed by atoms with van der Waals surface area (Å²) in [7, 11) is 0. The van der Waals surface area contributed by atoms with Crippen LogP contribution in [0.3, 0.4) is 0 Å². The van der Waals surface area contributed by atoms with Gasteiger partial charge in [0.2, 0.25) is 0 Å². The van der Waals surface area contributed by atoms with Crippen LogP contribution in [0.1, 0.15) is 34.5 Å². The molecule has 0 bridgehead atoms. The van der Waals surface area contributed by atoms with E-state index < -0.39 is 0 Å². The Morgan fingerprint density at radius 3 is 2.70 bits per heavy atom. The molecule has 4 rings (SSSR count). The number of nitriles is 1. The quantitative estimate of drug-likeness (QED) is 0.615. The molecule has 2 heterocycles. The number of hydrogen-bond donors (Lipinski definition) is 0. The van der Waals surface area contributed by atoms with Crippen LogP contribution in [-0.2, 0) is 0 Å². The highest BCUT2D eigenvalue weighted by molar-refractivity contribution is 7.11. The third-order valence-corrected chi connectivity index (χ3v) is 5.58. The van der Waals surface area contributed by atoms with E-state index in [4.69, 9.17) is 0 Å². The van der Waals surface area contributed by atoms with Crippen LogP contribution >= 0.6 is 22.7 Å². The fourth-order valence-corrected chi connectivity index (χ4v) is 4.06. The lowest BCUT2D eigenvalue weighted by molar-refractivity contribution is 1.08. The Morgan fingerprint density at radius 1 is 1.13 bits per heavy atom. The second-order valence-electron chi connectivity index (χ2n) is 5.46. The minimum atomic E-state index is 0.574. The van der Waals surface area contributed by atoms with Gasteiger partial charge in [0.25, 0.3) is 0 Å². The molecule has 0 unspecified atom stereocenters. The first-order chi connectivity index (χ1) is 11.3. The highest BCUT2D eigenvalue weighted by atomic mass is 32.1. The maximum absolute atomic E-state index is 9.47. The molecule has 23 heavy (non-hydrogen) atoms. The molecule has 1 aliphatic carbocycles. The van der Waals surface area contributed by atoms with Gasteiger partial charge >= 0.3 is 0 Å². The summed E-state index contributed by atoms with van der Waals surface area (Å²) in [6.45, 7) is 0. The van der Waals surface area contributed by atoms with Gasteiger partial charge in [-0.1, -0.05) is 30.3 Å². The summed E-state index contributed by atoms with van der Waals surface area (Å²) in [6, 6.07) is 12.3.